The summed E-state index contributed by atoms with van der Waals surface area (Å²) in [6.45, 7) is 8.72. The van der Waals surface area contributed by atoms with E-state index in [1.54, 1.807) is 0 Å². The van der Waals surface area contributed by atoms with E-state index in [9.17, 15) is 0 Å². The minimum absolute atomic E-state index is 0.416. The average Bonchev–Trinajstić information content (AvgIpc) is 2.56. The lowest BCUT2D eigenvalue weighted by molar-refractivity contribution is 0.162. The molecule has 0 unspecified atom stereocenters. The molecule has 4 heteroatoms. The third-order valence-corrected chi connectivity index (χ3v) is 2.99. The smallest absolute Gasteiger partial charge is 0.169 e. The van der Waals surface area contributed by atoms with Gasteiger partial charge in [-0.3, -0.25) is 0 Å². The predicted molar refractivity (Wildman–Crippen MR) is 87.2 cm³/mol. The van der Waals surface area contributed by atoms with Crippen molar-refractivity contribution in [1.29, 1.82) is 0 Å². The van der Waals surface area contributed by atoms with E-state index in [1.165, 1.54) is 12.5 Å². The Balaban J connectivity index is 2.17. The highest BCUT2D eigenvalue weighted by atomic mass is 16.5. The summed E-state index contributed by atoms with van der Waals surface area (Å²) in [5, 5.41) is 2.10. The highest BCUT2D eigenvalue weighted by molar-refractivity contribution is 5.90. The molecule has 22 heavy (non-hydrogen) atoms. The van der Waals surface area contributed by atoms with Crippen LogP contribution in [0.4, 0.5) is 0 Å². The van der Waals surface area contributed by atoms with Gasteiger partial charge in [-0.25, -0.2) is 0 Å². The second-order valence-electron chi connectivity index (χ2n) is 4.39. The van der Waals surface area contributed by atoms with Crippen LogP contribution >= 0.6 is 0 Å². The van der Waals surface area contributed by atoms with Crippen molar-refractivity contribution in [1.82, 2.24) is 0 Å². The van der Waals surface area contributed by atoms with Crippen molar-refractivity contribution in [2.75, 3.05) is 26.4 Å². The molecular weight excluding hydrogens is 280 g/mol. The van der Waals surface area contributed by atoms with Gasteiger partial charge in [-0.1, -0.05) is 43.5 Å². The number of hydrogen-bond acceptors (Lipinski definition) is 4. The van der Waals surface area contributed by atoms with E-state index >= 15 is 0 Å². The monoisotopic (exact) mass is 300 g/mol. The van der Waals surface area contributed by atoms with Gasteiger partial charge in [0.05, 0.1) is 12.5 Å². The van der Waals surface area contributed by atoms with Crippen molar-refractivity contribution < 1.29 is 18.9 Å². The molecule has 0 heterocycles. The zero-order chi connectivity index (χ0) is 15.6. The van der Waals surface area contributed by atoms with E-state index in [0.29, 0.717) is 37.9 Å². The van der Waals surface area contributed by atoms with Crippen LogP contribution in [0.5, 0.6) is 11.5 Å². The molecule has 0 aliphatic heterocycles. The molecule has 0 bridgehead atoms. The van der Waals surface area contributed by atoms with Crippen LogP contribution in [0.2, 0.25) is 0 Å². The molecule has 0 saturated heterocycles. The van der Waals surface area contributed by atoms with Crippen LogP contribution in [-0.4, -0.2) is 26.4 Å². The van der Waals surface area contributed by atoms with Crippen LogP contribution < -0.4 is 9.47 Å². The van der Waals surface area contributed by atoms with Crippen LogP contribution in [0.3, 0.4) is 0 Å². The lowest BCUT2D eigenvalue weighted by Gasteiger charge is -2.15. The number of rotatable bonds is 10. The van der Waals surface area contributed by atoms with Gasteiger partial charge in [0.25, 0.3) is 0 Å². The maximum atomic E-state index is 5.85. The molecule has 0 aromatic heterocycles. The first-order valence-electron chi connectivity index (χ1n) is 7.09. The molecule has 0 aliphatic carbocycles. The Morgan fingerprint density at radius 3 is 2.18 bits per heavy atom. The Bertz CT molecular complexity index is 622. The molecule has 0 radical (unpaired) electrons. The summed E-state index contributed by atoms with van der Waals surface area (Å²) in [6.07, 6.45) is 2.80. The second-order valence-corrected chi connectivity index (χ2v) is 4.39. The normalized spacial score (nSPS) is 10.0. The Kier molecular flexibility index (Phi) is 6.18. The quantitative estimate of drug-likeness (QED) is 0.492. The first kappa shape index (κ1) is 15.8. The summed E-state index contributed by atoms with van der Waals surface area (Å²) in [4.78, 5) is 0. The molecule has 2 rings (SSSR count). The van der Waals surface area contributed by atoms with Crippen LogP contribution in [0.1, 0.15) is 0 Å². The van der Waals surface area contributed by atoms with E-state index in [-0.39, 0.29) is 0 Å². The molecule has 4 nitrogen and oxygen atoms in total. The molecule has 2 aromatic rings. The number of hydrogen-bond donors (Lipinski definition) is 0. The number of fused-ring (bicyclic) bond motifs is 1. The highest BCUT2D eigenvalue weighted by Crippen LogP contribution is 2.35. The molecule has 116 valence electrons. The summed E-state index contributed by atoms with van der Waals surface area (Å²) in [6, 6.07) is 11.9. The van der Waals surface area contributed by atoms with Crippen molar-refractivity contribution in [2.24, 2.45) is 0 Å². The lowest BCUT2D eigenvalue weighted by Crippen LogP contribution is -2.08. The minimum Gasteiger partial charge on any atom is -0.498 e. The van der Waals surface area contributed by atoms with Gasteiger partial charge in [0.1, 0.15) is 26.4 Å². The number of benzene rings is 2. The van der Waals surface area contributed by atoms with E-state index in [1.807, 2.05) is 36.4 Å². The summed E-state index contributed by atoms with van der Waals surface area (Å²) >= 11 is 0. The van der Waals surface area contributed by atoms with Gasteiger partial charge in [-0.15, -0.1) is 0 Å². The fourth-order valence-corrected chi connectivity index (χ4v) is 2.04. The maximum absolute atomic E-state index is 5.85. The zero-order valence-electron chi connectivity index (χ0n) is 12.5. The summed E-state index contributed by atoms with van der Waals surface area (Å²) in [7, 11) is 0. The highest BCUT2D eigenvalue weighted by Gasteiger charge is 2.10. The van der Waals surface area contributed by atoms with Gasteiger partial charge >= 0.3 is 0 Å². The average molecular weight is 300 g/mol. The summed E-state index contributed by atoms with van der Waals surface area (Å²) < 4.78 is 21.7. The molecule has 0 aliphatic rings. The van der Waals surface area contributed by atoms with Crippen LogP contribution in [0.25, 0.3) is 10.8 Å². The van der Waals surface area contributed by atoms with Crippen molar-refractivity contribution in [3.05, 3.63) is 62.1 Å². The van der Waals surface area contributed by atoms with Gasteiger partial charge in [0.2, 0.25) is 0 Å². The fraction of sp³-hybridized carbons (Fsp3) is 0.222. The topological polar surface area (TPSA) is 36.9 Å². The summed E-state index contributed by atoms with van der Waals surface area (Å²) in [5.41, 5.74) is 0. The minimum atomic E-state index is 0.416. The Labute approximate surface area is 130 Å². The molecule has 0 saturated carbocycles. The van der Waals surface area contributed by atoms with Gasteiger partial charge in [-0.05, 0) is 11.5 Å². The van der Waals surface area contributed by atoms with Gasteiger partial charge in [-0.2, -0.15) is 0 Å². The van der Waals surface area contributed by atoms with E-state index in [2.05, 4.69) is 13.2 Å². The molecule has 2 aromatic carbocycles. The maximum Gasteiger partial charge on any atom is 0.169 e. The van der Waals surface area contributed by atoms with E-state index < -0.39 is 0 Å². The molecule has 0 atom stereocenters. The van der Waals surface area contributed by atoms with Crippen LogP contribution in [-0.2, 0) is 9.47 Å². The third kappa shape index (κ3) is 4.19. The third-order valence-electron chi connectivity index (χ3n) is 2.99. The zero-order valence-corrected chi connectivity index (χ0v) is 12.5. The molecule has 0 spiro atoms. The molecular formula is C18H20O4. The first-order chi connectivity index (χ1) is 10.9. The number of ether oxygens (including phenoxy) is 4. The van der Waals surface area contributed by atoms with Gasteiger partial charge in [0, 0.05) is 5.39 Å². The van der Waals surface area contributed by atoms with Crippen LogP contribution in [0.15, 0.2) is 62.1 Å². The molecule has 0 N–H and O–H groups in total. The Morgan fingerprint density at radius 2 is 1.45 bits per heavy atom. The van der Waals surface area contributed by atoms with Gasteiger partial charge in [0.15, 0.2) is 11.5 Å². The second kappa shape index (κ2) is 8.62. The first-order valence-corrected chi connectivity index (χ1v) is 7.09. The standard InChI is InChI=1S/C18H20O4/c1-3-19-11-13-21-17-10-9-15-7-5-6-8-16(15)18(17)22-14-12-20-4-2/h3-10H,1-2,11-14H2. The molecule has 0 amide bonds. The van der Waals surface area contributed by atoms with Crippen molar-refractivity contribution in [2.45, 2.75) is 0 Å². The SMILES string of the molecule is C=COCCOc1ccc2ccccc2c1OCCOC=C. The van der Waals surface area contributed by atoms with E-state index in [0.717, 1.165) is 10.8 Å². The summed E-state index contributed by atoms with van der Waals surface area (Å²) in [5.74, 6) is 1.40. The largest absolute Gasteiger partial charge is 0.498 e. The lowest BCUT2D eigenvalue weighted by atomic mass is 10.1. The van der Waals surface area contributed by atoms with Gasteiger partial charge < -0.3 is 18.9 Å². The predicted octanol–water partition coefficient (Wildman–Crippen LogP) is 3.92. The van der Waals surface area contributed by atoms with Crippen molar-refractivity contribution in [3.63, 3.8) is 0 Å². The Morgan fingerprint density at radius 1 is 0.773 bits per heavy atom. The van der Waals surface area contributed by atoms with Crippen LogP contribution in [0, 0.1) is 0 Å². The fourth-order valence-electron chi connectivity index (χ4n) is 2.04. The molecule has 0 fully saturated rings. The van der Waals surface area contributed by atoms with Crippen molar-refractivity contribution in [3.8, 4) is 11.5 Å². The van der Waals surface area contributed by atoms with Crippen molar-refractivity contribution >= 4 is 10.8 Å². The Hall–Kier alpha value is -2.62. The van der Waals surface area contributed by atoms with E-state index in [4.69, 9.17) is 18.9 Å².